The maximum atomic E-state index is 13.7. The lowest BCUT2D eigenvalue weighted by Gasteiger charge is -2.33. The molecular weight excluding hydrogens is 570 g/mol. The number of ether oxygens (including phenoxy) is 1. The first-order valence-corrected chi connectivity index (χ1v) is 13.2. The van der Waals surface area contributed by atoms with E-state index in [4.69, 9.17) is 43.9 Å². The van der Waals surface area contributed by atoms with Gasteiger partial charge in [-0.2, -0.15) is 21.8 Å². The molecule has 0 spiro atoms. The molecule has 23 heteroatoms. The van der Waals surface area contributed by atoms with Gasteiger partial charge in [0.2, 0.25) is 5.60 Å². The van der Waals surface area contributed by atoms with Crippen molar-refractivity contribution in [3.8, 4) is 0 Å². The number of aromatic amines is 1. The first-order chi connectivity index (χ1) is 14.7. The van der Waals surface area contributed by atoms with Gasteiger partial charge < -0.3 is 39.5 Å². The number of nitrogens with zero attached hydrogens (tertiary/aromatic N) is 1. The number of nitrogens with one attached hydrogen (secondary N) is 1. The van der Waals surface area contributed by atoms with E-state index in [1.807, 2.05) is 0 Å². The SMILES string of the molecule is O=P(O)(O)OP(=O)(O)OP(=O)(O)OC[C@H]1O[C@@H](n2ccc(=S)[nH]c2=S)[C@@](O)(C(F)(F)F)C1O. The summed E-state index contributed by atoms with van der Waals surface area (Å²) in [6, 6.07) is 1.08. The zero-order valence-corrected chi connectivity index (χ0v) is 19.7. The van der Waals surface area contributed by atoms with Crippen molar-refractivity contribution in [2.45, 2.75) is 30.2 Å². The molecule has 0 bridgehead atoms. The van der Waals surface area contributed by atoms with Crippen molar-refractivity contribution < 1.29 is 74.5 Å². The lowest BCUT2D eigenvalue weighted by atomic mass is 9.93. The average Bonchev–Trinajstić information content (AvgIpc) is 2.82. The number of aromatic nitrogens is 2. The van der Waals surface area contributed by atoms with E-state index >= 15 is 0 Å². The van der Waals surface area contributed by atoms with E-state index in [0.29, 0.717) is 4.57 Å². The molecule has 1 aliphatic heterocycles. The van der Waals surface area contributed by atoms with Crippen molar-refractivity contribution >= 4 is 47.9 Å². The van der Waals surface area contributed by atoms with Crippen LogP contribution in [0.2, 0.25) is 0 Å². The van der Waals surface area contributed by atoms with Gasteiger partial charge in [0.15, 0.2) is 11.0 Å². The Morgan fingerprint density at radius 1 is 1.15 bits per heavy atom. The van der Waals surface area contributed by atoms with E-state index in [0.717, 1.165) is 12.3 Å². The summed E-state index contributed by atoms with van der Waals surface area (Å²) >= 11 is 9.60. The first-order valence-electron chi connectivity index (χ1n) is 7.91. The Labute approximate surface area is 190 Å². The van der Waals surface area contributed by atoms with E-state index < -0.39 is 65.1 Å². The summed E-state index contributed by atoms with van der Waals surface area (Å²) in [6.07, 6.45) is -12.2. The van der Waals surface area contributed by atoms with E-state index in [2.05, 4.69) is 18.1 Å². The highest BCUT2D eigenvalue weighted by molar-refractivity contribution is 7.72. The summed E-state index contributed by atoms with van der Waals surface area (Å²) in [5.41, 5.74) is -4.04. The van der Waals surface area contributed by atoms with Crippen molar-refractivity contribution in [3.05, 3.63) is 21.7 Å². The highest BCUT2D eigenvalue weighted by Gasteiger charge is 2.71. The van der Waals surface area contributed by atoms with E-state index in [1.54, 1.807) is 0 Å². The highest BCUT2D eigenvalue weighted by Crippen LogP contribution is 2.66. The molecule has 1 aromatic rings. The molecule has 2 rings (SSSR count). The van der Waals surface area contributed by atoms with Gasteiger partial charge in [-0.25, -0.2) is 13.7 Å². The van der Waals surface area contributed by atoms with Crippen LogP contribution in [0.4, 0.5) is 13.2 Å². The topological polar surface area (TPSA) is 230 Å². The van der Waals surface area contributed by atoms with Gasteiger partial charge in [-0.1, -0.05) is 12.2 Å². The molecule has 0 saturated carbocycles. The minimum absolute atomic E-state index is 0.00885. The summed E-state index contributed by atoms with van der Waals surface area (Å²) in [6.45, 7) is -1.46. The minimum atomic E-state index is -5.90. The Morgan fingerprint density at radius 3 is 2.21 bits per heavy atom. The molecule has 6 atom stereocenters. The van der Waals surface area contributed by atoms with Crippen LogP contribution in [-0.2, 0) is 31.6 Å². The zero-order chi connectivity index (χ0) is 25.6. The van der Waals surface area contributed by atoms with Gasteiger partial charge in [0.25, 0.3) is 0 Å². The smallest absolute Gasteiger partial charge is 0.387 e. The monoisotopic (exact) mass is 584 g/mol. The van der Waals surface area contributed by atoms with Gasteiger partial charge in [0, 0.05) is 6.20 Å². The molecular formula is C10H14F3N2O13P3S2. The Bertz CT molecular complexity index is 1150. The molecule has 15 nitrogen and oxygen atoms in total. The Kier molecular flexibility index (Phi) is 8.36. The molecule has 1 saturated heterocycles. The number of aliphatic hydroxyl groups is 2. The fourth-order valence-corrected chi connectivity index (χ4v) is 6.09. The second-order valence-electron chi connectivity index (χ2n) is 6.20. The molecule has 1 aromatic heterocycles. The quantitative estimate of drug-likeness (QED) is 0.168. The van der Waals surface area contributed by atoms with Crippen molar-refractivity contribution in [2.24, 2.45) is 0 Å². The van der Waals surface area contributed by atoms with E-state index in [9.17, 15) is 42.0 Å². The van der Waals surface area contributed by atoms with Crippen LogP contribution in [0.1, 0.15) is 6.23 Å². The van der Waals surface area contributed by atoms with Crippen molar-refractivity contribution in [3.63, 3.8) is 0 Å². The van der Waals surface area contributed by atoms with Crippen LogP contribution < -0.4 is 0 Å². The third kappa shape index (κ3) is 6.84. The van der Waals surface area contributed by atoms with Crippen molar-refractivity contribution in [1.29, 1.82) is 0 Å². The molecule has 0 amide bonds. The normalized spacial score (nSPS) is 30.0. The molecule has 0 aromatic carbocycles. The number of hydrogen-bond donors (Lipinski definition) is 7. The first kappa shape index (κ1) is 28.8. The molecule has 0 radical (unpaired) electrons. The number of phosphoric ester groups is 1. The fraction of sp³-hybridized carbons (Fsp3) is 0.600. The van der Waals surface area contributed by atoms with Crippen molar-refractivity contribution in [1.82, 2.24) is 9.55 Å². The third-order valence-corrected chi connectivity index (χ3v) is 8.21. The van der Waals surface area contributed by atoms with Gasteiger partial charge in [0.05, 0.1) is 6.61 Å². The number of H-pyrrole nitrogens is 1. The van der Waals surface area contributed by atoms with Crippen LogP contribution >= 0.6 is 47.9 Å². The average molecular weight is 584 g/mol. The number of aliphatic hydroxyl groups excluding tert-OH is 1. The van der Waals surface area contributed by atoms with E-state index in [1.165, 1.54) is 0 Å². The van der Waals surface area contributed by atoms with Gasteiger partial charge in [-0.15, -0.1) is 0 Å². The summed E-state index contributed by atoms with van der Waals surface area (Å²) in [5, 5.41) is 20.4. The van der Waals surface area contributed by atoms with Gasteiger partial charge in [0.1, 0.15) is 16.8 Å². The molecule has 1 fully saturated rings. The third-order valence-electron chi connectivity index (χ3n) is 3.86. The lowest BCUT2D eigenvalue weighted by molar-refractivity contribution is -0.304. The maximum Gasteiger partial charge on any atom is 0.490 e. The number of rotatable bonds is 8. The Hall–Kier alpha value is -0.400. The lowest BCUT2D eigenvalue weighted by Crippen LogP contribution is -2.57. The Balaban J connectivity index is 2.29. The molecule has 1 aliphatic rings. The second-order valence-corrected chi connectivity index (χ2v) is 11.4. The summed E-state index contributed by atoms with van der Waals surface area (Å²) < 4.78 is 90.8. The summed E-state index contributed by atoms with van der Waals surface area (Å²) in [5.74, 6) is 0. The minimum Gasteiger partial charge on any atom is -0.387 e. The summed E-state index contributed by atoms with van der Waals surface area (Å²) in [7, 11) is -17.3. The van der Waals surface area contributed by atoms with Crippen molar-refractivity contribution in [2.75, 3.05) is 6.61 Å². The standard InChI is InChI=1S/C10H14F3N2O13P3S2/c11-10(12,13)9(17)6(16)4(26-7(9)15-2-1-5(32)14-8(15)33)3-25-30(21,22)28-31(23,24)27-29(18,19)20/h1-2,4,6-7,16-17H,3H2,(H,21,22)(H,23,24)(H,14,32,33)(H2,18,19,20)/t4-,6?,7-,9-/m1/s1. The van der Waals surface area contributed by atoms with Crippen LogP contribution in [0.15, 0.2) is 12.3 Å². The van der Waals surface area contributed by atoms with Gasteiger partial charge in [-0.3, -0.25) is 9.09 Å². The maximum absolute atomic E-state index is 13.7. The van der Waals surface area contributed by atoms with Gasteiger partial charge in [-0.05, 0) is 18.3 Å². The molecule has 190 valence electrons. The fourth-order valence-electron chi connectivity index (χ4n) is 2.57. The second kappa shape index (κ2) is 9.57. The summed E-state index contributed by atoms with van der Waals surface area (Å²) in [4.78, 5) is 37.7. The Morgan fingerprint density at radius 2 is 1.73 bits per heavy atom. The van der Waals surface area contributed by atoms with E-state index in [-0.39, 0.29) is 4.64 Å². The molecule has 3 unspecified atom stereocenters. The number of halogens is 3. The molecule has 33 heavy (non-hydrogen) atoms. The largest absolute Gasteiger partial charge is 0.490 e. The molecule has 0 aliphatic carbocycles. The highest BCUT2D eigenvalue weighted by atomic mass is 32.1. The molecule has 7 N–H and O–H groups in total. The van der Waals surface area contributed by atoms with Crippen LogP contribution in [0, 0.1) is 9.41 Å². The predicted molar refractivity (Wildman–Crippen MR) is 101 cm³/mol. The predicted octanol–water partition coefficient (Wildman–Crippen LogP) is 1.17. The number of phosphoric acid groups is 3. The van der Waals surface area contributed by atoms with Gasteiger partial charge >= 0.3 is 29.6 Å². The number of alkyl halides is 3. The van der Waals surface area contributed by atoms with Crippen LogP contribution in [0.3, 0.4) is 0 Å². The van der Waals surface area contributed by atoms with Crippen LogP contribution in [-0.4, -0.2) is 69.9 Å². The zero-order valence-electron chi connectivity index (χ0n) is 15.4. The van der Waals surface area contributed by atoms with Crippen LogP contribution in [0.25, 0.3) is 0 Å². The van der Waals surface area contributed by atoms with Crippen LogP contribution in [0.5, 0.6) is 0 Å². The number of hydrogen-bond acceptors (Lipinski definition) is 11. The molecule has 2 heterocycles.